The standard InChI is InChI=1S/C24H29N3O6S/c1-5-32-22(30)18-12-15-8-6-7-9-17(15)27(18)19(28)13-25-21(29)20(16-10-11-34-14-16)26-23(31)33-24(2,3)4/h6-11,14,18,20H,5,12-13H2,1-4H3,(H,25,29)(H,26,31)/t18-,20-/m0/s1. The molecule has 182 valence electrons. The summed E-state index contributed by atoms with van der Waals surface area (Å²) in [5.41, 5.74) is 1.29. The molecular weight excluding hydrogens is 458 g/mol. The summed E-state index contributed by atoms with van der Waals surface area (Å²) in [5, 5.41) is 8.67. The highest BCUT2D eigenvalue weighted by atomic mass is 32.1. The average Bonchev–Trinajstić information content (AvgIpc) is 3.42. The third kappa shape index (κ3) is 6.13. The second-order valence-electron chi connectivity index (χ2n) is 8.72. The van der Waals surface area contributed by atoms with Gasteiger partial charge in [-0.05, 0) is 61.7 Å². The lowest BCUT2D eigenvalue weighted by atomic mass is 10.1. The largest absolute Gasteiger partial charge is 0.464 e. The van der Waals surface area contributed by atoms with Crippen molar-refractivity contribution in [2.24, 2.45) is 0 Å². The number of thiophene rings is 1. The summed E-state index contributed by atoms with van der Waals surface area (Å²) in [6, 6.07) is 7.10. The number of rotatable bonds is 7. The molecule has 1 aromatic carbocycles. The van der Waals surface area contributed by atoms with Crippen LogP contribution in [0.25, 0.3) is 0 Å². The van der Waals surface area contributed by atoms with Crippen LogP contribution < -0.4 is 15.5 Å². The summed E-state index contributed by atoms with van der Waals surface area (Å²) in [7, 11) is 0. The first kappa shape index (κ1) is 25.2. The van der Waals surface area contributed by atoms with Gasteiger partial charge in [-0.25, -0.2) is 9.59 Å². The van der Waals surface area contributed by atoms with E-state index in [9.17, 15) is 19.2 Å². The molecule has 0 bridgehead atoms. The van der Waals surface area contributed by atoms with Gasteiger partial charge in [0.05, 0.1) is 13.2 Å². The smallest absolute Gasteiger partial charge is 0.408 e. The van der Waals surface area contributed by atoms with Gasteiger partial charge in [0.15, 0.2) is 0 Å². The number of hydrogen-bond acceptors (Lipinski definition) is 7. The minimum absolute atomic E-state index is 0.198. The Labute approximate surface area is 202 Å². The Morgan fingerprint density at radius 3 is 2.56 bits per heavy atom. The number of esters is 1. The molecular formula is C24H29N3O6S. The summed E-state index contributed by atoms with van der Waals surface area (Å²) in [6.45, 7) is 6.70. The summed E-state index contributed by atoms with van der Waals surface area (Å²) in [6.07, 6.45) is -0.409. The molecule has 0 radical (unpaired) electrons. The first-order valence-corrected chi connectivity index (χ1v) is 11.9. The topological polar surface area (TPSA) is 114 Å². The third-order valence-electron chi connectivity index (χ3n) is 5.02. The molecule has 0 saturated heterocycles. The van der Waals surface area contributed by atoms with E-state index in [0.29, 0.717) is 17.7 Å². The van der Waals surface area contributed by atoms with Gasteiger partial charge in [-0.2, -0.15) is 11.3 Å². The summed E-state index contributed by atoms with van der Waals surface area (Å²) in [5.74, 6) is -1.53. The van der Waals surface area contributed by atoms with Crippen molar-refractivity contribution in [3.8, 4) is 0 Å². The van der Waals surface area contributed by atoms with Crippen LogP contribution in [-0.4, -0.2) is 48.7 Å². The fourth-order valence-corrected chi connectivity index (χ4v) is 4.32. The van der Waals surface area contributed by atoms with Crippen LogP contribution in [0, 0.1) is 0 Å². The van der Waals surface area contributed by atoms with Crippen LogP contribution in [0.15, 0.2) is 41.1 Å². The zero-order chi connectivity index (χ0) is 24.9. The zero-order valence-corrected chi connectivity index (χ0v) is 20.4. The molecule has 0 aliphatic carbocycles. The normalized spacial score (nSPS) is 15.8. The van der Waals surface area contributed by atoms with Crippen LogP contribution >= 0.6 is 11.3 Å². The summed E-state index contributed by atoms with van der Waals surface area (Å²) >= 11 is 1.37. The van der Waals surface area contributed by atoms with Crippen molar-refractivity contribution in [1.82, 2.24) is 10.6 Å². The predicted molar refractivity (Wildman–Crippen MR) is 127 cm³/mol. The number of alkyl carbamates (subject to hydrolysis) is 1. The lowest BCUT2D eigenvalue weighted by molar-refractivity contribution is -0.145. The maximum absolute atomic E-state index is 13.1. The number of nitrogens with one attached hydrogen (secondary N) is 2. The van der Waals surface area contributed by atoms with Crippen LogP contribution in [0.1, 0.15) is 44.9 Å². The quantitative estimate of drug-likeness (QED) is 0.581. The molecule has 0 spiro atoms. The van der Waals surface area contributed by atoms with Gasteiger partial charge >= 0.3 is 12.1 Å². The molecule has 34 heavy (non-hydrogen) atoms. The average molecular weight is 488 g/mol. The summed E-state index contributed by atoms with van der Waals surface area (Å²) < 4.78 is 10.4. The van der Waals surface area contributed by atoms with E-state index in [1.807, 2.05) is 12.1 Å². The van der Waals surface area contributed by atoms with Gasteiger partial charge in [0, 0.05) is 12.1 Å². The number of anilines is 1. The highest BCUT2D eigenvalue weighted by molar-refractivity contribution is 7.08. The zero-order valence-electron chi connectivity index (χ0n) is 19.6. The minimum Gasteiger partial charge on any atom is -0.464 e. The third-order valence-corrected chi connectivity index (χ3v) is 5.72. The van der Waals surface area contributed by atoms with Crippen molar-refractivity contribution in [3.63, 3.8) is 0 Å². The number of ether oxygens (including phenoxy) is 2. The van der Waals surface area contributed by atoms with Crippen LogP contribution in [0.4, 0.5) is 10.5 Å². The molecule has 2 N–H and O–H groups in total. The van der Waals surface area contributed by atoms with Crippen molar-refractivity contribution in [3.05, 3.63) is 52.2 Å². The van der Waals surface area contributed by atoms with Gasteiger partial charge in [0.1, 0.15) is 17.7 Å². The number of amides is 3. The van der Waals surface area contributed by atoms with E-state index in [0.717, 1.165) is 5.56 Å². The van der Waals surface area contributed by atoms with E-state index in [2.05, 4.69) is 10.6 Å². The molecule has 10 heteroatoms. The molecule has 3 amide bonds. The molecule has 0 unspecified atom stereocenters. The van der Waals surface area contributed by atoms with Gasteiger partial charge in [-0.1, -0.05) is 18.2 Å². The fourth-order valence-electron chi connectivity index (χ4n) is 3.64. The first-order valence-electron chi connectivity index (χ1n) is 11.0. The molecule has 0 saturated carbocycles. The highest BCUT2D eigenvalue weighted by Crippen LogP contribution is 2.32. The van der Waals surface area contributed by atoms with Gasteiger partial charge in [-0.15, -0.1) is 0 Å². The summed E-state index contributed by atoms with van der Waals surface area (Å²) in [4.78, 5) is 52.3. The maximum Gasteiger partial charge on any atom is 0.408 e. The Balaban J connectivity index is 1.72. The molecule has 1 aliphatic heterocycles. The number of hydrogen-bond donors (Lipinski definition) is 2. The Hall–Kier alpha value is -3.40. The highest BCUT2D eigenvalue weighted by Gasteiger charge is 2.39. The van der Waals surface area contributed by atoms with Gasteiger partial charge < -0.3 is 20.1 Å². The van der Waals surface area contributed by atoms with Crippen molar-refractivity contribution < 1.29 is 28.7 Å². The molecule has 2 aromatic rings. The SMILES string of the molecule is CCOC(=O)[C@@H]1Cc2ccccc2N1C(=O)CNC(=O)[C@@H](NC(=O)OC(C)(C)C)c1ccsc1. The molecule has 2 atom stereocenters. The number of fused-ring (bicyclic) bond motifs is 1. The molecule has 1 aromatic heterocycles. The maximum atomic E-state index is 13.1. The van der Waals surface area contributed by atoms with Crippen molar-refractivity contribution in [2.75, 3.05) is 18.1 Å². The van der Waals surface area contributed by atoms with E-state index in [4.69, 9.17) is 9.47 Å². The minimum atomic E-state index is -1.04. The molecule has 1 aliphatic rings. The molecule has 9 nitrogen and oxygen atoms in total. The van der Waals surface area contributed by atoms with Gasteiger partial charge in [0.25, 0.3) is 0 Å². The van der Waals surface area contributed by atoms with E-state index < -0.39 is 41.6 Å². The van der Waals surface area contributed by atoms with Crippen molar-refractivity contribution in [2.45, 2.75) is 51.8 Å². The fraction of sp³-hybridized carbons (Fsp3) is 0.417. The lowest BCUT2D eigenvalue weighted by Gasteiger charge is -2.25. The second-order valence-corrected chi connectivity index (χ2v) is 9.50. The van der Waals surface area contributed by atoms with Crippen molar-refractivity contribution >= 4 is 40.9 Å². The lowest BCUT2D eigenvalue weighted by Crippen LogP contribution is -2.49. The van der Waals surface area contributed by atoms with Crippen LogP contribution in [0.2, 0.25) is 0 Å². The Kier molecular flexibility index (Phi) is 7.93. The number of nitrogens with zero attached hydrogens (tertiary/aromatic N) is 1. The van der Waals surface area contributed by atoms with E-state index in [1.165, 1.54) is 16.2 Å². The predicted octanol–water partition coefficient (Wildman–Crippen LogP) is 2.95. The van der Waals surface area contributed by atoms with Crippen LogP contribution in [-0.2, 0) is 30.3 Å². The van der Waals surface area contributed by atoms with Crippen LogP contribution in [0.5, 0.6) is 0 Å². The molecule has 2 heterocycles. The monoisotopic (exact) mass is 487 g/mol. The Morgan fingerprint density at radius 2 is 1.91 bits per heavy atom. The van der Waals surface area contributed by atoms with Gasteiger partial charge in [0.2, 0.25) is 11.8 Å². The molecule has 3 rings (SSSR count). The Bertz CT molecular complexity index is 1050. The first-order chi connectivity index (χ1) is 16.1. The number of carbonyl (C=O) groups excluding carboxylic acids is 4. The van der Waals surface area contributed by atoms with E-state index >= 15 is 0 Å². The van der Waals surface area contributed by atoms with E-state index in [1.54, 1.807) is 56.7 Å². The van der Waals surface area contributed by atoms with Crippen molar-refractivity contribution in [1.29, 1.82) is 0 Å². The number of para-hydroxylation sites is 1. The van der Waals surface area contributed by atoms with Gasteiger partial charge in [-0.3, -0.25) is 14.5 Å². The van der Waals surface area contributed by atoms with E-state index in [-0.39, 0.29) is 13.2 Å². The molecule has 0 fully saturated rings. The number of carbonyl (C=O) groups is 4. The van der Waals surface area contributed by atoms with Crippen LogP contribution in [0.3, 0.4) is 0 Å². The number of benzene rings is 1. The Morgan fingerprint density at radius 1 is 1.18 bits per heavy atom. The second kappa shape index (κ2) is 10.7.